The second-order valence-corrected chi connectivity index (χ2v) is 9.36. The van der Waals surface area contributed by atoms with Crippen molar-refractivity contribution in [2.75, 3.05) is 24.6 Å². The molecule has 140 valence electrons. The minimum atomic E-state index is -3.01. The van der Waals surface area contributed by atoms with E-state index >= 15 is 0 Å². The summed E-state index contributed by atoms with van der Waals surface area (Å²) in [4.78, 5) is 18.8. The first-order valence-corrected chi connectivity index (χ1v) is 10.7. The fraction of sp³-hybridized carbons (Fsp3) is 0.300. The van der Waals surface area contributed by atoms with Crippen LogP contribution in [0.2, 0.25) is 0 Å². The Bertz CT molecular complexity index is 1130. The van der Waals surface area contributed by atoms with E-state index in [9.17, 15) is 13.2 Å². The van der Waals surface area contributed by atoms with Gasteiger partial charge in [-0.05, 0) is 49.2 Å². The zero-order valence-corrected chi connectivity index (χ0v) is 16.2. The molecule has 7 heteroatoms. The van der Waals surface area contributed by atoms with Crippen molar-refractivity contribution in [3.8, 4) is 5.69 Å². The van der Waals surface area contributed by atoms with Gasteiger partial charge in [0.15, 0.2) is 9.84 Å². The summed E-state index contributed by atoms with van der Waals surface area (Å²) in [7, 11) is -3.01. The molecule has 0 aliphatic carbocycles. The molecule has 0 saturated carbocycles. The van der Waals surface area contributed by atoms with Crippen LogP contribution in [0.25, 0.3) is 16.7 Å². The summed E-state index contributed by atoms with van der Waals surface area (Å²) >= 11 is 0. The van der Waals surface area contributed by atoms with Crippen LogP contribution >= 0.6 is 0 Å². The first-order chi connectivity index (χ1) is 12.8. The number of hydrogen-bond acceptors (Lipinski definition) is 4. The van der Waals surface area contributed by atoms with Gasteiger partial charge in [-0.25, -0.2) is 13.4 Å². The van der Waals surface area contributed by atoms with E-state index < -0.39 is 9.84 Å². The molecule has 0 atom stereocenters. The van der Waals surface area contributed by atoms with E-state index in [0.717, 1.165) is 22.3 Å². The molecule has 1 aromatic heterocycles. The molecule has 1 saturated heterocycles. The zero-order valence-electron chi connectivity index (χ0n) is 15.3. The van der Waals surface area contributed by atoms with Crippen LogP contribution in [-0.4, -0.2) is 53.4 Å². The zero-order chi connectivity index (χ0) is 19.2. The lowest BCUT2D eigenvalue weighted by molar-refractivity contribution is 0.0770. The summed E-state index contributed by atoms with van der Waals surface area (Å²) in [6.07, 6.45) is 1.77. The van der Waals surface area contributed by atoms with Gasteiger partial charge in [-0.15, -0.1) is 0 Å². The van der Waals surface area contributed by atoms with Crippen molar-refractivity contribution in [1.82, 2.24) is 14.5 Å². The van der Waals surface area contributed by atoms with Crippen LogP contribution in [0.5, 0.6) is 0 Å². The van der Waals surface area contributed by atoms with E-state index in [1.807, 2.05) is 10.6 Å². The van der Waals surface area contributed by atoms with E-state index in [0.29, 0.717) is 5.56 Å². The van der Waals surface area contributed by atoms with E-state index in [1.54, 1.807) is 23.4 Å². The highest BCUT2D eigenvalue weighted by molar-refractivity contribution is 7.91. The van der Waals surface area contributed by atoms with E-state index in [-0.39, 0.29) is 30.5 Å². The predicted octanol–water partition coefficient (Wildman–Crippen LogP) is 2.51. The smallest absolute Gasteiger partial charge is 0.253 e. The number of rotatable bonds is 2. The molecule has 3 aromatic rings. The molecule has 0 radical (unpaired) electrons. The molecule has 1 fully saturated rings. The number of fused-ring (bicyclic) bond motifs is 1. The lowest BCUT2D eigenvalue weighted by atomic mass is 10.1. The van der Waals surface area contributed by atoms with Crippen molar-refractivity contribution in [3.63, 3.8) is 0 Å². The quantitative estimate of drug-likeness (QED) is 0.682. The molecule has 0 bridgehead atoms. The fourth-order valence-corrected chi connectivity index (χ4v) is 4.62. The maximum absolute atomic E-state index is 12.7. The number of carbonyl (C=O) groups excluding carboxylic acids is 1. The van der Waals surface area contributed by atoms with Crippen LogP contribution in [0.15, 0.2) is 42.7 Å². The fourth-order valence-electron chi connectivity index (χ4n) is 3.41. The Balaban J connectivity index is 1.66. The lowest BCUT2D eigenvalue weighted by Crippen LogP contribution is -2.43. The monoisotopic (exact) mass is 383 g/mol. The average molecular weight is 383 g/mol. The van der Waals surface area contributed by atoms with Crippen molar-refractivity contribution < 1.29 is 13.2 Å². The van der Waals surface area contributed by atoms with Crippen LogP contribution in [0.3, 0.4) is 0 Å². The Kier molecular flexibility index (Phi) is 4.26. The van der Waals surface area contributed by atoms with E-state index in [4.69, 9.17) is 0 Å². The lowest BCUT2D eigenvalue weighted by Gasteiger charge is -2.26. The van der Waals surface area contributed by atoms with Gasteiger partial charge in [0.05, 0.1) is 28.2 Å². The number of hydrogen-bond donors (Lipinski definition) is 0. The molecule has 0 unspecified atom stereocenters. The maximum atomic E-state index is 12.7. The number of amides is 1. The predicted molar refractivity (Wildman–Crippen MR) is 105 cm³/mol. The largest absolute Gasteiger partial charge is 0.337 e. The second-order valence-electron chi connectivity index (χ2n) is 7.05. The van der Waals surface area contributed by atoms with Crippen molar-refractivity contribution >= 4 is 26.8 Å². The molecule has 1 aliphatic rings. The number of aromatic nitrogens is 2. The van der Waals surface area contributed by atoms with Crippen molar-refractivity contribution in [2.24, 2.45) is 0 Å². The van der Waals surface area contributed by atoms with Gasteiger partial charge in [0.2, 0.25) is 0 Å². The molecule has 27 heavy (non-hydrogen) atoms. The number of benzene rings is 2. The van der Waals surface area contributed by atoms with Gasteiger partial charge in [-0.3, -0.25) is 9.36 Å². The number of carbonyl (C=O) groups is 1. The van der Waals surface area contributed by atoms with Gasteiger partial charge in [0.25, 0.3) is 5.91 Å². The number of sulfone groups is 1. The highest BCUT2D eigenvalue weighted by atomic mass is 32.2. The maximum Gasteiger partial charge on any atom is 0.253 e. The SMILES string of the molecule is Cc1ccc(C)c(-n2cnc3cc(C(=O)N4CCS(=O)(=O)CC4)ccc32)c1. The summed E-state index contributed by atoms with van der Waals surface area (Å²) in [5.74, 6) is -0.0853. The molecule has 0 N–H and O–H groups in total. The van der Waals surface area contributed by atoms with Crippen LogP contribution in [0, 0.1) is 13.8 Å². The van der Waals surface area contributed by atoms with Gasteiger partial charge in [-0.2, -0.15) is 0 Å². The van der Waals surface area contributed by atoms with Crippen LogP contribution in [0.1, 0.15) is 21.5 Å². The molecular weight excluding hydrogens is 362 g/mol. The molecule has 0 spiro atoms. The molecule has 2 aromatic carbocycles. The van der Waals surface area contributed by atoms with Crippen molar-refractivity contribution in [2.45, 2.75) is 13.8 Å². The molecular formula is C20H21N3O3S. The first-order valence-electron chi connectivity index (χ1n) is 8.88. The summed E-state index contributed by atoms with van der Waals surface area (Å²) < 4.78 is 25.2. The van der Waals surface area contributed by atoms with Gasteiger partial charge < -0.3 is 4.90 Å². The third-order valence-corrected chi connectivity index (χ3v) is 6.66. The second kappa shape index (κ2) is 6.49. The highest BCUT2D eigenvalue weighted by Gasteiger charge is 2.26. The minimum absolute atomic E-state index is 0.0300. The molecule has 6 nitrogen and oxygen atoms in total. The van der Waals surface area contributed by atoms with Crippen molar-refractivity contribution in [1.29, 1.82) is 0 Å². The Morgan fingerprint density at radius 2 is 1.78 bits per heavy atom. The third-order valence-electron chi connectivity index (χ3n) is 5.05. The third kappa shape index (κ3) is 3.35. The number of aryl methyl sites for hydroxylation is 2. The molecule has 2 heterocycles. The molecule has 1 aliphatic heterocycles. The van der Waals surface area contributed by atoms with Gasteiger partial charge >= 0.3 is 0 Å². The number of imidazole rings is 1. The van der Waals surface area contributed by atoms with Crippen LogP contribution < -0.4 is 0 Å². The van der Waals surface area contributed by atoms with Crippen molar-refractivity contribution in [3.05, 3.63) is 59.4 Å². The molecule has 4 rings (SSSR count). The topological polar surface area (TPSA) is 72.3 Å². The Morgan fingerprint density at radius 3 is 2.52 bits per heavy atom. The Labute approximate surface area is 158 Å². The summed E-state index contributed by atoms with van der Waals surface area (Å²) in [6.45, 7) is 4.60. The molecule has 1 amide bonds. The Hall–Kier alpha value is -2.67. The van der Waals surface area contributed by atoms with Gasteiger partial charge in [-0.1, -0.05) is 12.1 Å². The standard InChI is InChI=1S/C20H21N3O3S/c1-14-3-4-15(2)19(11-14)23-13-21-17-12-16(5-6-18(17)23)20(24)22-7-9-27(25,26)10-8-22/h3-6,11-13H,7-10H2,1-2H3. The Morgan fingerprint density at radius 1 is 1.04 bits per heavy atom. The minimum Gasteiger partial charge on any atom is -0.337 e. The normalized spacial score (nSPS) is 16.6. The highest BCUT2D eigenvalue weighted by Crippen LogP contribution is 2.23. The first kappa shape index (κ1) is 17.7. The summed E-state index contributed by atoms with van der Waals surface area (Å²) in [5.41, 5.74) is 5.59. The summed E-state index contributed by atoms with van der Waals surface area (Å²) in [5, 5.41) is 0. The summed E-state index contributed by atoms with van der Waals surface area (Å²) in [6, 6.07) is 11.7. The van der Waals surface area contributed by atoms with Gasteiger partial charge in [0.1, 0.15) is 6.33 Å². The van der Waals surface area contributed by atoms with Gasteiger partial charge in [0, 0.05) is 18.7 Å². The van der Waals surface area contributed by atoms with E-state index in [2.05, 4.69) is 37.0 Å². The van der Waals surface area contributed by atoms with E-state index in [1.165, 1.54) is 5.56 Å². The van der Waals surface area contributed by atoms with Crippen LogP contribution in [0.4, 0.5) is 0 Å². The average Bonchev–Trinajstić information content (AvgIpc) is 3.06. The van der Waals surface area contributed by atoms with Crippen LogP contribution in [-0.2, 0) is 9.84 Å². The number of nitrogens with zero attached hydrogens (tertiary/aromatic N) is 3.